The molecule has 1 aliphatic carbocycles. The van der Waals surface area contributed by atoms with Gasteiger partial charge < -0.3 is 4.42 Å². The van der Waals surface area contributed by atoms with Crippen LogP contribution in [0.15, 0.2) is 10.5 Å². The van der Waals surface area contributed by atoms with Crippen LogP contribution in [0.3, 0.4) is 0 Å². The van der Waals surface area contributed by atoms with Crippen molar-refractivity contribution in [3.05, 3.63) is 34.1 Å². The Morgan fingerprint density at radius 1 is 1.25 bits per heavy atom. The van der Waals surface area contributed by atoms with E-state index in [2.05, 4.69) is 33.8 Å². The molecule has 1 aromatic heterocycles. The van der Waals surface area contributed by atoms with Gasteiger partial charge in [-0.1, -0.05) is 6.92 Å². The molecule has 1 heterocycles. The van der Waals surface area contributed by atoms with E-state index in [0.29, 0.717) is 5.92 Å². The van der Waals surface area contributed by atoms with Crippen LogP contribution in [0.4, 0.5) is 0 Å². The van der Waals surface area contributed by atoms with Gasteiger partial charge in [-0.2, -0.15) is 0 Å². The third-order valence-electron chi connectivity index (χ3n) is 4.15. The van der Waals surface area contributed by atoms with Gasteiger partial charge in [-0.3, -0.25) is 0 Å². The minimum absolute atomic E-state index is 0.688. The van der Waals surface area contributed by atoms with Crippen LogP contribution in [0.1, 0.15) is 47.3 Å². The second-order valence-electron chi connectivity index (χ2n) is 5.18. The largest absolute Gasteiger partial charge is 0.461 e. The van der Waals surface area contributed by atoms with E-state index in [1.807, 2.05) is 0 Å². The molecule has 1 heteroatoms. The van der Waals surface area contributed by atoms with Crippen molar-refractivity contribution >= 4 is 11.0 Å². The average Bonchev–Trinajstić information content (AvgIpc) is 2.72. The van der Waals surface area contributed by atoms with Crippen molar-refractivity contribution in [3.63, 3.8) is 0 Å². The predicted molar refractivity (Wildman–Crippen MR) is 67.2 cm³/mol. The molecule has 0 spiro atoms. The first-order valence-electron chi connectivity index (χ1n) is 6.11. The van der Waals surface area contributed by atoms with E-state index in [0.717, 1.165) is 11.3 Å². The second kappa shape index (κ2) is 3.13. The summed E-state index contributed by atoms with van der Waals surface area (Å²) in [4.78, 5) is 0. The number of benzene rings is 1. The van der Waals surface area contributed by atoms with Gasteiger partial charge in [0, 0.05) is 5.39 Å². The van der Waals surface area contributed by atoms with E-state index in [4.69, 9.17) is 4.42 Å². The Morgan fingerprint density at radius 3 is 2.75 bits per heavy atom. The highest BCUT2D eigenvalue weighted by molar-refractivity contribution is 5.88. The molecule has 3 rings (SSSR count). The molecule has 1 aromatic carbocycles. The third kappa shape index (κ3) is 1.12. The first kappa shape index (κ1) is 9.95. The van der Waals surface area contributed by atoms with Gasteiger partial charge in [0.05, 0.1) is 0 Å². The van der Waals surface area contributed by atoms with E-state index in [1.165, 1.54) is 29.4 Å². The maximum absolute atomic E-state index is 5.85. The van der Waals surface area contributed by atoms with Gasteiger partial charge in [0.25, 0.3) is 0 Å². The molecule has 0 aliphatic heterocycles. The molecular formula is C15H18O. The molecule has 16 heavy (non-hydrogen) atoms. The van der Waals surface area contributed by atoms with Crippen LogP contribution >= 0.6 is 0 Å². The van der Waals surface area contributed by atoms with Crippen LogP contribution in [0.25, 0.3) is 11.0 Å². The molecular weight excluding hydrogens is 196 g/mol. The summed E-state index contributed by atoms with van der Waals surface area (Å²) in [6, 6.07) is 2.21. The molecule has 1 unspecified atom stereocenters. The molecule has 0 saturated carbocycles. The van der Waals surface area contributed by atoms with E-state index < -0.39 is 0 Å². The van der Waals surface area contributed by atoms with Crippen LogP contribution in [0, 0.1) is 20.8 Å². The van der Waals surface area contributed by atoms with E-state index in [-0.39, 0.29) is 0 Å². The van der Waals surface area contributed by atoms with Crippen molar-refractivity contribution in [2.75, 3.05) is 0 Å². The Kier molecular flexibility index (Phi) is 1.95. The highest BCUT2D eigenvalue weighted by Gasteiger charge is 2.25. The monoisotopic (exact) mass is 214 g/mol. The van der Waals surface area contributed by atoms with Gasteiger partial charge in [-0.05, 0) is 67.9 Å². The van der Waals surface area contributed by atoms with Gasteiger partial charge in [-0.15, -0.1) is 0 Å². The minimum Gasteiger partial charge on any atom is -0.461 e. The minimum atomic E-state index is 0.688. The number of aryl methyl sites for hydroxylation is 3. The summed E-state index contributed by atoms with van der Waals surface area (Å²) in [6.45, 7) is 8.80. The molecule has 0 radical (unpaired) electrons. The maximum atomic E-state index is 5.85. The van der Waals surface area contributed by atoms with Crippen molar-refractivity contribution in [1.29, 1.82) is 0 Å². The summed E-state index contributed by atoms with van der Waals surface area (Å²) in [5.41, 5.74) is 6.95. The SMILES string of the molecule is Cc1cc2oc(C)c(C)c2c2c1CCC2C. The van der Waals surface area contributed by atoms with Gasteiger partial charge >= 0.3 is 0 Å². The lowest BCUT2D eigenvalue weighted by Gasteiger charge is -2.09. The molecule has 0 amide bonds. The van der Waals surface area contributed by atoms with Gasteiger partial charge in [-0.25, -0.2) is 0 Å². The lowest BCUT2D eigenvalue weighted by molar-refractivity contribution is 0.574. The fourth-order valence-electron chi connectivity index (χ4n) is 3.12. The molecule has 0 bridgehead atoms. The van der Waals surface area contributed by atoms with Crippen LogP contribution in [0.5, 0.6) is 0 Å². The van der Waals surface area contributed by atoms with Crippen molar-refractivity contribution < 1.29 is 4.42 Å². The molecule has 0 saturated heterocycles. The Morgan fingerprint density at radius 2 is 2.00 bits per heavy atom. The Balaban J connectivity index is 2.49. The predicted octanol–water partition coefficient (Wildman–Crippen LogP) is 4.41. The van der Waals surface area contributed by atoms with E-state index in [1.54, 1.807) is 11.1 Å². The van der Waals surface area contributed by atoms with Crippen molar-refractivity contribution in [2.45, 2.75) is 46.5 Å². The number of rotatable bonds is 0. The van der Waals surface area contributed by atoms with E-state index in [9.17, 15) is 0 Å². The van der Waals surface area contributed by atoms with Crippen molar-refractivity contribution in [1.82, 2.24) is 0 Å². The average molecular weight is 214 g/mol. The summed E-state index contributed by atoms with van der Waals surface area (Å²) in [5, 5.41) is 1.39. The zero-order valence-electron chi connectivity index (χ0n) is 10.5. The normalized spacial score (nSPS) is 19.4. The summed E-state index contributed by atoms with van der Waals surface area (Å²) in [7, 11) is 0. The van der Waals surface area contributed by atoms with Crippen molar-refractivity contribution in [3.8, 4) is 0 Å². The van der Waals surface area contributed by atoms with Crippen molar-refractivity contribution in [2.24, 2.45) is 0 Å². The molecule has 1 nitrogen and oxygen atoms in total. The second-order valence-corrected chi connectivity index (χ2v) is 5.18. The smallest absolute Gasteiger partial charge is 0.135 e. The third-order valence-corrected chi connectivity index (χ3v) is 4.15. The molecule has 1 atom stereocenters. The molecule has 0 N–H and O–H groups in total. The number of hydrogen-bond acceptors (Lipinski definition) is 1. The Hall–Kier alpha value is -1.24. The highest BCUT2D eigenvalue weighted by Crippen LogP contribution is 2.42. The lowest BCUT2D eigenvalue weighted by atomic mass is 9.94. The summed E-state index contributed by atoms with van der Waals surface area (Å²) >= 11 is 0. The number of fused-ring (bicyclic) bond motifs is 3. The maximum Gasteiger partial charge on any atom is 0.135 e. The Bertz CT molecular complexity index is 575. The zero-order chi connectivity index (χ0) is 11.4. The number of furan rings is 1. The Labute approximate surface area is 96.5 Å². The summed E-state index contributed by atoms with van der Waals surface area (Å²) in [5.74, 6) is 1.76. The zero-order valence-corrected chi connectivity index (χ0v) is 10.5. The molecule has 1 aliphatic rings. The van der Waals surface area contributed by atoms with Crippen LogP contribution < -0.4 is 0 Å². The van der Waals surface area contributed by atoms with Gasteiger partial charge in [0.2, 0.25) is 0 Å². The standard InChI is InChI=1S/C15H18O/c1-8-5-6-12-9(2)7-13-15(14(8)12)10(3)11(4)16-13/h7-8H,5-6H2,1-4H3. The van der Waals surface area contributed by atoms with Crippen LogP contribution in [-0.2, 0) is 6.42 Å². The topological polar surface area (TPSA) is 13.1 Å². The lowest BCUT2D eigenvalue weighted by Crippen LogP contribution is -1.91. The first-order valence-corrected chi connectivity index (χ1v) is 6.11. The molecule has 0 fully saturated rings. The highest BCUT2D eigenvalue weighted by atomic mass is 16.3. The summed E-state index contributed by atoms with van der Waals surface area (Å²) < 4.78 is 5.85. The van der Waals surface area contributed by atoms with Gasteiger partial charge in [0.1, 0.15) is 11.3 Å². The first-order chi connectivity index (χ1) is 7.59. The number of hydrogen-bond donors (Lipinski definition) is 0. The van der Waals surface area contributed by atoms with E-state index >= 15 is 0 Å². The summed E-state index contributed by atoms with van der Waals surface area (Å²) in [6.07, 6.45) is 2.53. The quantitative estimate of drug-likeness (QED) is 0.633. The fourth-order valence-corrected chi connectivity index (χ4v) is 3.12. The van der Waals surface area contributed by atoms with Gasteiger partial charge in [0.15, 0.2) is 0 Å². The van der Waals surface area contributed by atoms with Crippen LogP contribution in [0.2, 0.25) is 0 Å². The van der Waals surface area contributed by atoms with Crippen LogP contribution in [-0.4, -0.2) is 0 Å². The molecule has 2 aromatic rings. The fraction of sp³-hybridized carbons (Fsp3) is 0.467. The molecule has 84 valence electrons.